The van der Waals surface area contributed by atoms with Crippen molar-refractivity contribution in [2.45, 2.75) is 33.2 Å². The van der Waals surface area contributed by atoms with E-state index in [1.165, 1.54) is 11.1 Å². The molecule has 0 aromatic heterocycles. The number of carbonyl (C=O) groups excluding carboxylic acids is 1. The lowest BCUT2D eigenvalue weighted by molar-refractivity contribution is -0.129. The van der Waals surface area contributed by atoms with Gasteiger partial charge in [-0.05, 0) is 37.4 Å². The number of carbonyl (C=O) groups is 1. The van der Waals surface area contributed by atoms with E-state index >= 15 is 0 Å². The van der Waals surface area contributed by atoms with Gasteiger partial charge in [0.2, 0.25) is 5.91 Å². The molecule has 0 bridgehead atoms. The monoisotopic (exact) mass is 246 g/mol. The SMILES string of the molecule is CCc1ccccc1CNC(=O)C1(C)CCNC1. The predicted octanol–water partition coefficient (Wildman–Crippen LogP) is 1.86. The van der Waals surface area contributed by atoms with E-state index in [1.54, 1.807) is 0 Å². The second-order valence-corrected chi connectivity index (χ2v) is 5.29. The third kappa shape index (κ3) is 2.72. The molecule has 1 aliphatic rings. The fourth-order valence-electron chi connectivity index (χ4n) is 2.47. The van der Waals surface area contributed by atoms with Crippen LogP contribution in [-0.2, 0) is 17.8 Å². The number of amides is 1. The summed E-state index contributed by atoms with van der Waals surface area (Å²) in [5.74, 6) is 0.165. The first-order valence-electron chi connectivity index (χ1n) is 6.71. The zero-order valence-electron chi connectivity index (χ0n) is 11.3. The van der Waals surface area contributed by atoms with Crippen LogP contribution in [0.4, 0.5) is 0 Å². The van der Waals surface area contributed by atoms with Gasteiger partial charge in [-0.25, -0.2) is 0 Å². The van der Waals surface area contributed by atoms with Crippen molar-refractivity contribution in [1.82, 2.24) is 10.6 Å². The highest BCUT2D eigenvalue weighted by Gasteiger charge is 2.35. The molecule has 1 heterocycles. The van der Waals surface area contributed by atoms with Crippen LogP contribution in [0, 0.1) is 5.41 Å². The maximum atomic E-state index is 12.2. The fourth-order valence-corrected chi connectivity index (χ4v) is 2.47. The summed E-state index contributed by atoms with van der Waals surface area (Å²) in [5.41, 5.74) is 2.30. The minimum Gasteiger partial charge on any atom is -0.352 e. The number of hydrogen-bond acceptors (Lipinski definition) is 2. The number of rotatable bonds is 4. The van der Waals surface area contributed by atoms with Gasteiger partial charge in [-0.1, -0.05) is 31.2 Å². The van der Waals surface area contributed by atoms with Crippen LogP contribution in [0.1, 0.15) is 31.4 Å². The summed E-state index contributed by atoms with van der Waals surface area (Å²) in [4.78, 5) is 12.2. The predicted molar refractivity (Wildman–Crippen MR) is 73.3 cm³/mol. The Bertz CT molecular complexity index is 422. The number of hydrogen-bond donors (Lipinski definition) is 2. The number of nitrogens with one attached hydrogen (secondary N) is 2. The average Bonchev–Trinajstić information content (AvgIpc) is 2.84. The van der Waals surface area contributed by atoms with Gasteiger partial charge >= 0.3 is 0 Å². The Labute approximate surface area is 109 Å². The molecule has 0 spiro atoms. The fraction of sp³-hybridized carbons (Fsp3) is 0.533. The lowest BCUT2D eigenvalue weighted by Crippen LogP contribution is -2.40. The minimum absolute atomic E-state index is 0.165. The van der Waals surface area contributed by atoms with Crippen LogP contribution >= 0.6 is 0 Å². The molecule has 1 aromatic carbocycles. The van der Waals surface area contributed by atoms with Crippen molar-refractivity contribution < 1.29 is 4.79 Å². The molecular weight excluding hydrogens is 224 g/mol. The standard InChI is InChI=1S/C15H22N2O/c1-3-12-6-4-5-7-13(12)10-17-14(18)15(2)8-9-16-11-15/h4-7,16H,3,8-11H2,1-2H3,(H,17,18). The third-order valence-electron chi connectivity index (χ3n) is 3.86. The van der Waals surface area contributed by atoms with Gasteiger partial charge in [-0.3, -0.25) is 4.79 Å². The van der Waals surface area contributed by atoms with E-state index in [0.29, 0.717) is 6.54 Å². The topological polar surface area (TPSA) is 41.1 Å². The molecule has 1 saturated heterocycles. The maximum Gasteiger partial charge on any atom is 0.227 e. The van der Waals surface area contributed by atoms with Gasteiger partial charge in [0, 0.05) is 13.1 Å². The zero-order chi connectivity index (χ0) is 13.0. The molecule has 1 aromatic rings. The first-order valence-corrected chi connectivity index (χ1v) is 6.71. The molecule has 1 amide bonds. The van der Waals surface area contributed by atoms with Crippen LogP contribution in [0.5, 0.6) is 0 Å². The van der Waals surface area contributed by atoms with Crippen LogP contribution < -0.4 is 10.6 Å². The molecule has 0 radical (unpaired) electrons. The molecule has 3 nitrogen and oxygen atoms in total. The van der Waals surface area contributed by atoms with Crippen LogP contribution in [-0.4, -0.2) is 19.0 Å². The zero-order valence-corrected chi connectivity index (χ0v) is 11.3. The van der Waals surface area contributed by atoms with E-state index in [-0.39, 0.29) is 11.3 Å². The molecule has 2 rings (SSSR count). The molecule has 1 aliphatic heterocycles. The van der Waals surface area contributed by atoms with E-state index < -0.39 is 0 Å². The highest BCUT2D eigenvalue weighted by Crippen LogP contribution is 2.24. The van der Waals surface area contributed by atoms with Crippen LogP contribution in [0.15, 0.2) is 24.3 Å². The Morgan fingerprint density at radius 2 is 2.11 bits per heavy atom. The molecule has 1 atom stereocenters. The molecule has 1 unspecified atom stereocenters. The highest BCUT2D eigenvalue weighted by atomic mass is 16.2. The molecule has 1 fully saturated rings. The van der Waals surface area contributed by atoms with Gasteiger partial charge in [0.25, 0.3) is 0 Å². The summed E-state index contributed by atoms with van der Waals surface area (Å²) in [7, 11) is 0. The molecule has 2 N–H and O–H groups in total. The van der Waals surface area contributed by atoms with Crippen molar-refractivity contribution >= 4 is 5.91 Å². The van der Waals surface area contributed by atoms with Crippen molar-refractivity contribution in [3.05, 3.63) is 35.4 Å². The summed E-state index contributed by atoms with van der Waals surface area (Å²) in [6, 6.07) is 8.29. The van der Waals surface area contributed by atoms with Crippen LogP contribution in [0.25, 0.3) is 0 Å². The summed E-state index contributed by atoms with van der Waals surface area (Å²) in [5, 5.41) is 6.33. The van der Waals surface area contributed by atoms with Gasteiger partial charge < -0.3 is 10.6 Å². The normalized spacial score (nSPS) is 23.0. The summed E-state index contributed by atoms with van der Waals surface area (Å²) in [6.45, 7) is 6.54. The van der Waals surface area contributed by atoms with Crippen LogP contribution in [0.2, 0.25) is 0 Å². The van der Waals surface area contributed by atoms with Gasteiger partial charge in [-0.2, -0.15) is 0 Å². The summed E-state index contributed by atoms with van der Waals surface area (Å²) < 4.78 is 0. The van der Waals surface area contributed by atoms with Gasteiger partial charge in [0.15, 0.2) is 0 Å². The molecule has 98 valence electrons. The van der Waals surface area contributed by atoms with Crippen LogP contribution in [0.3, 0.4) is 0 Å². The molecule has 0 saturated carbocycles. The number of aryl methyl sites for hydroxylation is 1. The Morgan fingerprint density at radius 3 is 2.72 bits per heavy atom. The lowest BCUT2D eigenvalue weighted by Gasteiger charge is -2.21. The summed E-state index contributed by atoms with van der Waals surface area (Å²) in [6.07, 6.45) is 1.93. The van der Waals surface area contributed by atoms with Gasteiger partial charge in [0.1, 0.15) is 0 Å². The molecular formula is C15H22N2O. The first kappa shape index (κ1) is 13.1. The molecule has 18 heavy (non-hydrogen) atoms. The third-order valence-corrected chi connectivity index (χ3v) is 3.86. The average molecular weight is 246 g/mol. The van der Waals surface area contributed by atoms with Crippen molar-refractivity contribution in [3.63, 3.8) is 0 Å². The Kier molecular flexibility index (Phi) is 4.02. The smallest absolute Gasteiger partial charge is 0.227 e. The quantitative estimate of drug-likeness (QED) is 0.851. The van der Waals surface area contributed by atoms with Gasteiger partial charge in [0.05, 0.1) is 5.41 Å². The minimum atomic E-state index is -0.235. The van der Waals surface area contributed by atoms with Crippen molar-refractivity contribution in [2.75, 3.05) is 13.1 Å². The Morgan fingerprint density at radius 1 is 1.39 bits per heavy atom. The number of benzene rings is 1. The molecule has 3 heteroatoms. The Hall–Kier alpha value is -1.35. The maximum absolute atomic E-state index is 12.2. The second kappa shape index (κ2) is 5.53. The largest absolute Gasteiger partial charge is 0.352 e. The highest BCUT2D eigenvalue weighted by molar-refractivity contribution is 5.82. The van der Waals surface area contributed by atoms with Crippen molar-refractivity contribution in [1.29, 1.82) is 0 Å². The second-order valence-electron chi connectivity index (χ2n) is 5.29. The van der Waals surface area contributed by atoms with E-state index in [1.807, 2.05) is 19.1 Å². The van der Waals surface area contributed by atoms with Crippen molar-refractivity contribution in [3.8, 4) is 0 Å². The summed E-state index contributed by atoms with van der Waals surface area (Å²) >= 11 is 0. The van der Waals surface area contributed by atoms with E-state index in [9.17, 15) is 4.79 Å². The lowest BCUT2D eigenvalue weighted by atomic mass is 9.88. The molecule has 0 aliphatic carbocycles. The van der Waals surface area contributed by atoms with E-state index in [0.717, 1.165) is 25.9 Å². The first-order chi connectivity index (χ1) is 8.65. The van der Waals surface area contributed by atoms with Crippen molar-refractivity contribution in [2.24, 2.45) is 5.41 Å². The Balaban J connectivity index is 1.97. The van der Waals surface area contributed by atoms with E-state index in [2.05, 4.69) is 29.7 Å². The van der Waals surface area contributed by atoms with E-state index in [4.69, 9.17) is 0 Å². The van der Waals surface area contributed by atoms with Gasteiger partial charge in [-0.15, -0.1) is 0 Å².